The smallest absolute Gasteiger partial charge is 0.326 e. The molecule has 270 valence electrons. The third-order valence-corrected chi connectivity index (χ3v) is 9.48. The van der Waals surface area contributed by atoms with Crippen LogP contribution in [0.5, 0.6) is 0 Å². The number of likely N-dealkylation sites (tertiary alicyclic amines) is 2. The van der Waals surface area contributed by atoms with E-state index in [4.69, 9.17) is 0 Å². The Labute approximate surface area is 293 Å². The van der Waals surface area contributed by atoms with Crippen LogP contribution in [0.15, 0.2) is 60.7 Å². The Morgan fingerprint density at radius 3 is 1.74 bits per heavy atom. The highest BCUT2D eigenvalue weighted by Gasteiger charge is 2.41. The molecule has 50 heavy (non-hydrogen) atoms. The number of carbonyl (C=O) groups is 6. The number of amides is 5. The molecule has 5 amide bonds. The number of carbonyl (C=O) groups excluding carboxylic acids is 5. The molecule has 2 heterocycles. The fraction of sp³-hybridized carbons (Fsp3) is 0.514. The molecule has 2 fully saturated rings. The molecule has 0 aliphatic carbocycles. The summed E-state index contributed by atoms with van der Waals surface area (Å²) in [7, 11) is 1.68. The average molecular weight is 691 g/mol. The Balaban J connectivity index is 1.41. The molecule has 0 unspecified atom stereocenters. The summed E-state index contributed by atoms with van der Waals surface area (Å²) in [5, 5.41) is 21.1. The van der Waals surface area contributed by atoms with Crippen molar-refractivity contribution in [3.8, 4) is 0 Å². The minimum Gasteiger partial charge on any atom is -0.480 e. The van der Waals surface area contributed by atoms with E-state index in [0.717, 1.165) is 11.1 Å². The molecule has 0 radical (unpaired) electrons. The zero-order chi connectivity index (χ0) is 36.4. The first-order valence-corrected chi connectivity index (χ1v) is 17.4. The van der Waals surface area contributed by atoms with E-state index in [-0.39, 0.29) is 31.3 Å². The number of nitrogens with one attached hydrogen (secondary N) is 4. The zero-order valence-electron chi connectivity index (χ0n) is 29.3. The predicted molar refractivity (Wildman–Crippen MR) is 187 cm³/mol. The molecule has 0 aromatic heterocycles. The number of hydrogen-bond donors (Lipinski definition) is 5. The lowest BCUT2D eigenvalue weighted by Gasteiger charge is -2.31. The summed E-state index contributed by atoms with van der Waals surface area (Å²) in [6, 6.07) is 13.3. The summed E-state index contributed by atoms with van der Waals surface area (Å²) in [6.07, 6.45) is 2.39. The van der Waals surface area contributed by atoms with Crippen molar-refractivity contribution in [3.05, 3.63) is 71.8 Å². The fourth-order valence-electron chi connectivity index (χ4n) is 6.69. The van der Waals surface area contributed by atoms with Gasteiger partial charge in [-0.1, -0.05) is 74.5 Å². The maximum absolute atomic E-state index is 13.7. The van der Waals surface area contributed by atoms with E-state index in [9.17, 15) is 33.9 Å². The first-order chi connectivity index (χ1) is 23.9. The fourth-order valence-corrected chi connectivity index (χ4v) is 6.69. The first-order valence-electron chi connectivity index (χ1n) is 17.4. The maximum atomic E-state index is 13.7. The van der Waals surface area contributed by atoms with Gasteiger partial charge in [0.05, 0.1) is 6.04 Å². The van der Waals surface area contributed by atoms with E-state index in [1.807, 2.05) is 60.7 Å². The van der Waals surface area contributed by atoms with Gasteiger partial charge in [-0.3, -0.25) is 24.0 Å². The van der Waals surface area contributed by atoms with Gasteiger partial charge in [0.1, 0.15) is 30.2 Å². The number of hydrogen-bond acceptors (Lipinski definition) is 7. The van der Waals surface area contributed by atoms with Gasteiger partial charge in [-0.15, -0.1) is 0 Å². The van der Waals surface area contributed by atoms with Crippen molar-refractivity contribution in [1.82, 2.24) is 31.1 Å². The number of carboxylic acids is 1. The number of nitrogens with zero attached hydrogens (tertiary/aromatic N) is 2. The van der Waals surface area contributed by atoms with Crippen LogP contribution in [0.25, 0.3) is 0 Å². The Kier molecular flexibility index (Phi) is 13.5. The predicted octanol–water partition coefficient (Wildman–Crippen LogP) is 1.26. The molecule has 13 nitrogen and oxygen atoms in total. The van der Waals surface area contributed by atoms with Gasteiger partial charge < -0.3 is 36.2 Å². The second-order valence-corrected chi connectivity index (χ2v) is 13.5. The van der Waals surface area contributed by atoms with Crippen molar-refractivity contribution in [3.63, 3.8) is 0 Å². The van der Waals surface area contributed by atoms with Crippen molar-refractivity contribution in [2.24, 2.45) is 5.92 Å². The van der Waals surface area contributed by atoms with Crippen molar-refractivity contribution < 1.29 is 33.9 Å². The van der Waals surface area contributed by atoms with E-state index in [2.05, 4.69) is 21.3 Å². The highest BCUT2D eigenvalue weighted by atomic mass is 16.4. The summed E-state index contributed by atoms with van der Waals surface area (Å²) >= 11 is 0. The molecule has 6 atom stereocenters. The van der Waals surface area contributed by atoms with E-state index in [1.54, 1.807) is 27.8 Å². The molecule has 2 saturated heterocycles. The van der Waals surface area contributed by atoms with Gasteiger partial charge in [-0.2, -0.15) is 0 Å². The van der Waals surface area contributed by atoms with Crippen LogP contribution in [0.3, 0.4) is 0 Å². The normalized spacial score (nSPS) is 19.7. The standard InChI is InChI=1S/C37H50N6O7/c1-23(2)31(41-32(44)27(38-4)21-25-13-7-5-8-14-25)34(46)39-24(3)35(47)42-19-11-17-29(42)33(45)40-28(22-26-15-9-6-10-16-26)36(48)43-20-12-18-30(43)37(49)50/h5-10,13-16,23-24,27-31,38H,11-12,17-22H2,1-4H3,(H,39,46)(H,40,45)(H,41,44)(H,49,50)/t24-,27-,28-,29-,30-,31-/m0/s1. The molecule has 2 aliphatic rings. The highest BCUT2D eigenvalue weighted by Crippen LogP contribution is 2.22. The van der Waals surface area contributed by atoms with Crippen molar-refractivity contribution in [2.75, 3.05) is 20.1 Å². The second-order valence-electron chi connectivity index (χ2n) is 13.5. The molecular formula is C37H50N6O7. The maximum Gasteiger partial charge on any atom is 0.326 e. The van der Waals surface area contributed by atoms with E-state index in [0.29, 0.717) is 32.1 Å². The SMILES string of the molecule is CN[C@@H](Cc1ccccc1)C(=O)N[C@H](C(=O)N[C@@H](C)C(=O)N1CCC[C@H]1C(=O)N[C@@H](Cc1ccccc1)C(=O)N1CCC[C@H]1C(=O)O)C(C)C. The van der Waals surface area contributed by atoms with Crippen LogP contribution in [0.4, 0.5) is 0 Å². The second kappa shape index (κ2) is 17.7. The van der Waals surface area contributed by atoms with Gasteiger partial charge >= 0.3 is 5.97 Å². The average Bonchev–Trinajstić information content (AvgIpc) is 3.80. The molecule has 0 saturated carbocycles. The monoisotopic (exact) mass is 690 g/mol. The molecule has 2 aromatic rings. The summed E-state index contributed by atoms with van der Waals surface area (Å²) in [6.45, 7) is 5.71. The first kappa shape index (κ1) is 38.0. The molecule has 5 N–H and O–H groups in total. The van der Waals surface area contributed by atoms with Crippen LogP contribution >= 0.6 is 0 Å². The van der Waals surface area contributed by atoms with Gasteiger partial charge in [0, 0.05) is 19.5 Å². The van der Waals surface area contributed by atoms with E-state index in [1.165, 1.54) is 9.80 Å². The van der Waals surface area contributed by atoms with Crippen molar-refractivity contribution >= 4 is 35.5 Å². The molecule has 2 aliphatic heterocycles. The largest absolute Gasteiger partial charge is 0.480 e. The van der Waals surface area contributed by atoms with Crippen LogP contribution < -0.4 is 21.3 Å². The third-order valence-electron chi connectivity index (χ3n) is 9.48. The minimum atomic E-state index is -1.09. The van der Waals surface area contributed by atoms with Crippen LogP contribution in [-0.2, 0) is 41.6 Å². The lowest BCUT2D eigenvalue weighted by atomic mass is 10.0. The Morgan fingerprint density at radius 2 is 1.22 bits per heavy atom. The molecule has 0 spiro atoms. The van der Waals surface area contributed by atoms with Crippen LogP contribution in [0, 0.1) is 5.92 Å². The number of rotatable bonds is 15. The Morgan fingerprint density at radius 1 is 0.700 bits per heavy atom. The Hall–Kier alpha value is -4.78. The summed E-state index contributed by atoms with van der Waals surface area (Å²) < 4.78 is 0. The highest BCUT2D eigenvalue weighted by molar-refractivity contribution is 5.96. The summed E-state index contributed by atoms with van der Waals surface area (Å²) in [4.78, 5) is 82.4. The van der Waals surface area contributed by atoms with Crippen molar-refractivity contribution in [2.45, 2.75) is 95.5 Å². The van der Waals surface area contributed by atoms with Gasteiger partial charge in [-0.05, 0) is 63.1 Å². The molecule has 0 bridgehead atoms. The Bertz CT molecular complexity index is 1500. The lowest BCUT2D eigenvalue weighted by Crippen LogP contribution is -2.59. The third kappa shape index (κ3) is 9.68. The molecular weight excluding hydrogens is 640 g/mol. The summed E-state index contributed by atoms with van der Waals surface area (Å²) in [5.74, 6) is -3.68. The van der Waals surface area contributed by atoms with Crippen LogP contribution in [-0.4, -0.2) is 107 Å². The van der Waals surface area contributed by atoms with Gasteiger partial charge in [0.15, 0.2) is 0 Å². The van der Waals surface area contributed by atoms with Crippen LogP contribution in [0.1, 0.15) is 57.6 Å². The van der Waals surface area contributed by atoms with Crippen LogP contribution in [0.2, 0.25) is 0 Å². The van der Waals surface area contributed by atoms with E-state index >= 15 is 0 Å². The topological polar surface area (TPSA) is 177 Å². The quantitative estimate of drug-likeness (QED) is 0.186. The minimum absolute atomic E-state index is 0.156. The van der Waals surface area contributed by atoms with Crippen molar-refractivity contribution in [1.29, 1.82) is 0 Å². The molecule has 4 rings (SSSR count). The van der Waals surface area contributed by atoms with Gasteiger partial charge in [0.25, 0.3) is 0 Å². The van der Waals surface area contributed by atoms with E-state index < -0.39 is 65.8 Å². The van der Waals surface area contributed by atoms with Gasteiger partial charge in [0.2, 0.25) is 29.5 Å². The van der Waals surface area contributed by atoms with Gasteiger partial charge in [-0.25, -0.2) is 4.79 Å². The summed E-state index contributed by atoms with van der Waals surface area (Å²) in [5.41, 5.74) is 1.76. The molecule has 13 heteroatoms. The number of likely N-dealkylation sites (N-methyl/N-ethyl adjacent to an activating group) is 1. The molecule has 2 aromatic carbocycles. The number of aliphatic carboxylic acids is 1. The zero-order valence-corrected chi connectivity index (χ0v) is 29.3. The number of benzene rings is 2. The lowest BCUT2D eigenvalue weighted by molar-refractivity contribution is -0.149. The number of carboxylic acid groups (broad SMARTS) is 1.